The molecule has 5 rings (SSSR count). The number of carbonyl (C=O) groups excluding carboxylic acids is 2. The highest BCUT2D eigenvalue weighted by atomic mass is 35.5. The molecule has 0 saturated heterocycles. The van der Waals surface area contributed by atoms with Crippen molar-refractivity contribution >= 4 is 52.2 Å². The standard InChI is InChI=1S/C26H25Cl2N3O3S/c27-17-4-8-21(9-5-17)34-16-23-22-11-13-35-24(22)10-12-30(23)25(32)15-31(20-6-7-20)26(33)29-19-3-1-2-18(28)14-19/h1-5,8-9,11,13-14,20,23H,6-7,10,12,15-16H2,(H,29,33). The Kier molecular flexibility index (Phi) is 7.18. The van der Waals surface area contributed by atoms with Crippen molar-refractivity contribution in [2.45, 2.75) is 31.3 Å². The first-order chi connectivity index (χ1) is 17.0. The molecule has 3 aromatic rings. The van der Waals surface area contributed by atoms with Gasteiger partial charge in [-0.25, -0.2) is 4.79 Å². The summed E-state index contributed by atoms with van der Waals surface area (Å²) in [7, 11) is 0. The van der Waals surface area contributed by atoms with Crippen molar-refractivity contribution in [2.75, 3.05) is 25.0 Å². The average Bonchev–Trinajstić information content (AvgIpc) is 3.57. The van der Waals surface area contributed by atoms with E-state index in [1.165, 1.54) is 4.88 Å². The third-order valence-corrected chi connectivity index (χ3v) is 7.75. The summed E-state index contributed by atoms with van der Waals surface area (Å²) in [6, 6.07) is 15.8. The number of fused-ring (bicyclic) bond motifs is 1. The van der Waals surface area contributed by atoms with Crippen LogP contribution in [0.3, 0.4) is 0 Å². The average molecular weight is 530 g/mol. The highest BCUT2D eigenvalue weighted by Gasteiger charge is 2.38. The second-order valence-electron chi connectivity index (χ2n) is 8.72. The number of halogens is 2. The van der Waals surface area contributed by atoms with Crippen molar-refractivity contribution in [3.63, 3.8) is 0 Å². The Morgan fingerprint density at radius 2 is 1.89 bits per heavy atom. The van der Waals surface area contributed by atoms with Gasteiger partial charge in [0.1, 0.15) is 18.9 Å². The lowest BCUT2D eigenvalue weighted by Crippen LogP contribution is -2.49. The molecule has 6 nitrogen and oxygen atoms in total. The van der Waals surface area contributed by atoms with Crippen LogP contribution in [-0.2, 0) is 11.2 Å². The van der Waals surface area contributed by atoms with Gasteiger partial charge in [0.25, 0.3) is 0 Å². The molecule has 1 aliphatic carbocycles. The Bertz CT molecular complexity index is 1210. The molecule has 9 heteroatoms. The molecule has 2 aliphatic rings. The monoisotopic (exact) mass is 529 g/mol. The highest BCUT2D eigenvalue weighted by molar-refractivity contribution is 7.10. The van der Waals surface area contributed by atoms with Gasteiger partial charge in [-0.1, -0.05) is 29.3 Å². The maximum absolute atomic E-state index is 13.6. The summed E-state index contributed by atoms with van der Waals surface area (Å²) >= 11 is 13.8. The van der Waals surface area contributed by atoms with E-state index in [1.54, 1.807) is 52.6 Å². The van der Waals surface area contributed by atoms with Crippen LogP contribution in [0.5, 0.6) is 5.75 Å². The summed E-state index contributed by atoms with van der Waals surface area (Å²) in [6.45, 7) is 0.943. The number of nitrogens with one attached hydrogen (secondary N) is 1. The number of hydrogen-bond acceptors (Lipinski definition) is 4. The fourth-order valence-electron chi connectivity index (χ4n) is 4.33. The Morgan fingerprint density at radius 3 is 2.63 bits per heavy atom. The van der Waals surface area contributed by atoms with Gasteiger partial charge in [-0.15, -0.1) is 11.3 Å². The van der Waals surface area contributed by atoms with E-state index in [2.05, 4.69) is 16.8 Å². The van der Waals surface area contributed by atoms with Gasteiger partial charge in [0.15, 0.2) is 0 Å². The topological polar surface area (TPSA) is 61.9 Å². The van der Waals surface area contributed by atoms with Gasteiger partial charge in [-0.05, 0) is 78.7 Å². The number of carbonyl (C=O) groups is 2. The molecule has 1 aromatic heterocycles. The molecular weight excluding hydrogens is 505 g/mol. The maximum Gasteiger partial charge on any atom is 0.322 e. The molecule has 0 bridgehead atoms. The summed E-state index contributed by atoms with van der Waals surface area (Å²) < 4.78 is 6.06. The minimum Gasteiger partial charge on any atom is -0.491 e. The number of nitrogens with zero attached hydrogens (tertiary/aromatic N) is 2. The van der Waals surface area contributed by atoms with Crippen molar-refractivity contribution < 1.29 is 14.3 Å². The third-order valence-electron chi connectivity index (χ3n) is 6.27. The highest BCUT2D eigenvalue weighted by Crippen LogP contribution is 2.35. The number of benzene rings is 2. The molecule has 1 N–H and O–H groups in total. The Balaban J connectivity index is 1.30. The first-order valence-corrected chi connectivity index (χ1v) is 13.2. The van der Waals surface area contributed by atoms with Gasteiger partial charge < -0.3 is 19.9 Å². The maximum atomic E-state index is 13.6. The van der Waals surface area contributed by atoms with Crippen LogP contribution in [0, 0.1) is 0 Å². The summed E-state index contributed by atoms with van der Waals surface area (Å²) in [6.07, 6.45) is 2.59. The number of urea groups is 1. The lowest BCUT2D eigenvalue weighted by Gasteiger charge is -2.37. The Morgan fingerprint density at radius 1 is 1.09 bits per heavy atom. The summed E-state index contributed by atoms with van der Waals surface area (Å²) in [5, 5.41) is 6.13. The summed E-state index contributed by atoms with van der Waals surface area (Å²) in [4.78, 5) is 31.4. The van der Waals surface area contributed by atoms with E-state index in [4.69, 9.17) is 27.9 Å². The van der Waals surface area contributed by atoms with Gasteiger partial charge in [0.2, 0.25) is 5.91 Å². The lowest BCUT2D eigenvalue weighted by atomic mass is 10.0. The molecule has 1 fully saturated rings. The van der Waals surface area contributed by atoms with Crippen LogP contribution in [0.4, 0.5) is 10.5 Å². The normalized spacial score (nSPS) is 17.0. The van der Waals surface area contributed by atoms with Crippen LogP contribution in [-0.4, -0.2) is 47.5 Å². The SMILES string of the molecule is O=C(Nc1cccc(Cl)c1)N(CC(=O)N1CCc2sccc2C1COc1ccc(Cl)cc1)C1CC1. The minimum atomic E-state index is -0.287. The number of amides is 3. The quantitative estimate of drug-likeness (QED) is 0.393. The zero-order valence-corrected chi connectivity index (χ0v) is 21.3. The van der Waals surface area contributed by atoms with Gasteiger partial charge in [0.05, 0.1) is 6.04 Å². The summed E-state index contributed by atoms with van der Waals surface area (Å²) in [5.41, 5.74) is 1.72. The van der Waals surface area contributed by atoms with Crippen LogP contribution in [0.1, 0.15) is 29.3 Å². The molecule has 0 spiro atoms. The number of rotatable bonds is 7. The molecule has 0 radical (unpaired) electrons. The molecular formula is C26H25Cl2N3O3S. The van der Waals surface area contributed by atoms with Crippen LogP contribution >= 0.6 is 34.5 Å². The Hall–Kier alpha value is -2.74. The van der Waals surface area contributed by atoms with Gasteiger partial charge >= 0.3 is 6.03 Å². The zero-order chi connectivity index (χ0) is 24.4. The largest absolute Gasteiger partial charge is 0.491 e. The lowest BCUT2D eigenvalue weighted by molar-refractivity contribution is -0.135. The molecule has 1 aliphatic heterocycles. The Labute approximate surface area is 218 Å². The molecule has 1 atom stereocenters. The first-order valence-electron chi connectivity index (χ1n) is 11.6. The van der Waals surface area contributed by atoms with E-state index in [-0.39, 0.29) is 30.6 Å². The smallest absolute Gasteiger partial charge is 0.322 e. The van der Waals surface area contributed by atoms with Crippen molar-refractivity contribution in [2.24, 2.45) is 0 Å². The molecule has 1 unspecified atom stereocenters. The van der Waals surface area contributed by atoms with E-state index in [1.807, 2.05) is 17.0 Å². The predicted molar refractivity (Wildman–Crippen MR) is 140 cm³/mol. The van der Waals surface area contributed by atoms with Crippen LogP contribution < -0.4 is 10.1 Å². The van der Waals surface area contributed by atoms with Crippen LogP contribution in [0.2, 0.25) is 10.0 Å². The molecule has 182 valence electrons. The summed E-state index contributed by atoms with van der Waals surface area (Å²) in [5.74, 6) is 0.615. The number of hydrogen-bond donors (Lipinski definition) is 1. The number of ether oxygens (including phenoxy) is 1. The van der Waals surface area contributed by atoms with Gasteiger partial charge in [0, 0.05) is 33.2 Å². The van der Waals surface area contributed by atoms with E-state index in [0.717, 1.165) is 24.8 Å². The molecule has 3 amide bonds. The first kappa shape index (κ1) is 24.0. The predicted octanol–water partition coefficient (Wildman–Crippen LogP) is 6.26. The second-order valence-corrected chi connectivity index (χ2v) is 10.6. The van der Waals surface area contributed by atoms with Crippen LogP contribution in [0.15, 0.2) is 60.0 Å². The van der Waals surface area contributed by atoms with Crippen molar-refractivity contribution in [3.05, 3.63) is 80.5 Å². The zero-order valence-electron chi connectivity index (χ0n) is 19.0. The number of thiophene rings is 1. The molecule has 2 heterocycles. The minimum absolute atomic E-state index is 0.0218. The second kappa shape index (κ2) is 10.5. The van der Waals surface area contributed by atoms with Gasteiger partial charge in [-0.3, -0.25) is 4.79 Å². The fraction of sp³-hybridized carbons (Fsp3) is 0.308. The van der Waals surface area contributed by atoms with E-state index >= 15 is 0 Å². The van der Waals surface area contributed by atoms with Crippen molar-refractivity contribution in [3.8, 4) is 5.75 Å². The molecule has 1 saturated carbocycles. The fourth-order valence-corrected chi connectivity index (χ4v) is 5.58. The van der Waals surface area contributed by atoms with Crippen molar-refractivity contribution in [1.82, 2.24) is 9.80 Å². The molecule has 2 aromatic carbocycles. The van der Waals surface area contributed by atoms with E-state index in [0.29, 0.717) is 34.6 Å². The number of anilines is 1. The molecule has 35 heavy (non-hydrogen) atoms. The van der Waals surface area contributed by atoms with Crippen LogP contribution in [0.25, 0.3) is 0 Å². The van der Waals surface area contributed by atoms with Crippen molar-refractivity contribution in [1.29, 1.82) is 0 Å². The third kappa shape index (κ3) is 5.74. The van der Waals surface area contributed by atoms with Gasteiger partial charge in [-0.2, -0.15) is 0 Å². The van der Waals surface area contributed by atoms with E-state index < -0.39 is 0 Å². The van der Waals surface area contributed by atoms with E-state index in [9.17, 15) is 9.59 Å².